The van der Waals surface area contributed by atoms with E-state index < -0.39 is 0 Å². The van der Waals surface area contributed by atoms with Crippen LogP contribution in [0.2, 0.25) is 0 Å². The number of nitrogens with one attached hydrogen (secondary N) is 2. The fourth-order valence-electron chi connectivity index (χ4n) is 2.62. The van der Waals surface area contributed by atoms with Crippen molar-refractivity contribution < 1.29 is 14.7 Å². The van der Waals surface area contributed by atoms with Gasteiger partial charge in [0.25, 0.3) is 0 Å². The summed E-state index contributed by atoms with van der Waals surface area (Å²) in [5.41, 5.74) is 5.77. The van der Waals surface area contributed by atoms with Crippen LogP contribution in [0.5, 0.6) is 11.5 Å². The Morgan fingerprint density at radius 3 is 3.00 bits per heavy atom. The number of phenolic OH excluding ortho intramolecular Hbond substituents is 1. The highest BCUT2D eigenvalue weighted by Gasteiger charge is 2.25. The van der Waals surface area contributed by atoms with Crippen LogP contribution in [-0.4, -0.2) is 17.6 Å². The molecule has 0 spiro atoms. The van der Waals surface area contributed by atoms with Gasteiger partial charge in [-0.25, -0.2) is 5.48 Å². The van der Waals surface area contributed by atoms with Gasteiger partial charge in [0, 0.05) is 24.4 Å². The fourth-order valence-corrected chi connectivity index (χ4v) is 2.62. The molecule has 2 aliphatic rings. The number of fused-ring (bicyclic) bond motifs is 1. The second-order valence-electron chi connectivity index (χ2n) is 5.66. The first kappa shape index (κ1) is 13.8. The van der Waals surface area contributed by atoms with Crippen LogP contribution in [0.15, 0.2) is 23.9 Å². The molecular formula is C16H20N2O3. The predicted molar refractivity (Wildman–Crippen MR) is 79.4 cm³/mol. The molecule has 5 heteroatoms. The van der Waals surface area contributed by atoms with Gasteiger partial charge in [0.2, 0.25) is 5.91 Å². The maximum absolute atomic E-state index is 11.8. The minimum Gasteiger partial charge on any atom is -0.508 e. The van der Waals surface area contributed by atoms with Gasteiger partial charge in [-0.05, 0) is 43.5 Å². The molecule has 0 radical (unpaired) electrons. The molecule has 3 rings (SSSR count). The van der Waals surface area contributed by atoms with Crippen LogP contribution in [0.3, 0.4) is 0 Å². The van der Waals surface area contributed by atoms with E-state index >= 15 is 0 Å². The van der Waals surface area contributed by atoms with E-state index in [0.29, 0.717) is 18.7 Å². The highest BCUT2D eigenvalue weighted by molar-refractivity contribution is 5.79. The molecule has 3 N–H and O–H groups in total. The van der Waals surface area contributed by atoms with E-state index in [9.17, 15) is 9.90 Å². The van der Waals surface area contributed by atoms with E-state index in [0.717, 1.165) is 36.1 Å². The predicted octanol–water partition coefficient (Wildman–Crippen LogP) is 2.33. The Bertz CT molecular complexity index is 591. The van der Waals surface area contributed by atoms with Crippen molar-refractivity contribution in [1.82, 2.24) is 10.8 Å². The standard InChI is InChI=1S/C16H20N2O3/c1-10-13-9-12(19)5-6-15(13)21-18-14(10)7-8-17-16(20)11-3-2-4-11/h5-6,9,11,18-19H,2-4,7-8H2,1H3,(H,17,20). The summed E-state index contributed by atoms with van der Waals surface area (Å²) >= 11 is 0. The van der Waals surface area contributed by atoms with E-state index in [1.807, 2.05) is 6.92 Å². The number of aromatic hydroxyl groups is 1. The molecule has 0 unspecified atom stereocenters. The van der Waals surface area contributed by atoms with Crippen molar-refractivity contribution in [2.45, 2.75) is 32.6 Å². The molecule has 0 aromatic heterocycles. The molecule has 112 valence electrons. The van der Waals surface area contributed by atoms with Gasteiger partial charge >= 0.3 is 0 Å². The first-order chi connectivity index (χ1) is 10.1. The van der Waals surface area contributed by atoms with Crippen LogP contribution in [0.4, 0.5) is 0 Å². The summed E-state index contributed by atoms with van der Waals surface area (Å²) in [4.78, 5) is 17.2. The summed E-state index contributed by atoms with van der Waals surface area (Å²) in [6.07, 6.45) is 3.88. The normalized spacial score (nSPS) is 17.4. The third-order valence-electron chi connectivity index (χ3n) is 4.25. The number of hydrogen-bond acceptors (Lipinski definition) is 4. The number of allylic oxidation sites excluding steroid dienone is 1. The van der Waals surface area contributed by atoms with Crippen LogP contribution in [-0.2, 0) is 4.79 Å². The van der Waals surface area contributed by atoms with Gasteiger partial charge in [-0.15, -0.1) is 0 Å². The Morgan fingerprint density at radius 1 is 1.48 bits per heavy atom. The van der Waals surface area contributed by atoms with E-state index in [1.165, 1.54) is 0 Å². The number of carbonyl (C=O) groups excluding carboxylic acids is 1. The van der Waals surface area contributed by atoms with E-state index in [1.54, 1.807) is 18.2 Å². The highest BCUT2D eigenvalue weighted by Crippen LogP contribution is 2.34. The zero-order valence-corrected chi connectivity index (χ0v) is 12.1. The van der Waals surface area contributed by atoms with Crippen LogP contribution in [0.1, 0.15) is 38.2 Å². The van der Waals surface area contributed by atoms with Crippen LogP contribution in [0, 0.1) is 5.92 Å². The minimum atomic E-state index is 0.161. The van der Waals surface area contributed by atoms with Gasteiger partial charge in [0.15, 0.2) is 5.75 Å². The number of hydroxylamine groups is 1. The van der Waals surface area contributed by atoms with Gasteiger partial charge < -0.3 is 15.3 Å². The van der Waals surface area contributed by atoms with Crippen molar-refractivity contribution in [3.05, 3.63) is 29.5 Å². The molecule has 1 aliphatic heterocycles. The average molecular weight is 288 g/mol. The van der Waals surface area contributed by atoms with Crippen molar-refractivity contribution in [1.29, 1.82) is 0 Å². The molecule has 21 heavy (non-hydrogen) atoms. The molecule has 5 nitrogen and oxygen atoms in total. The highest BCUT2D eigenvalue weighted by atomic mass is 16.6. The summed E-state index contributed by atoms with van der Waals surface area (Å²) in [6, 6.07) is 5.02. The van der Waals surface area contributed by atoms with Crippen molar-refractivity contribution in [2.75, 3.05) is 6.54 Å². The number of amides is 1. The Kier molecular flexibility index (Phi) is 3.73. The summed E-state index contributed by atoms with van der Waals surface area (Å²) in [5, 5.41) is 12.5. The lowest BCUT2D eigenvalue weighted by Crippen LogP contribution is -2.36. The smallest absolute Gasteiger partial charge is 0.223 e. The van der Waals surface area contributed by atoms with Gasteiger partial charge in [-0.3, -0.25) is 4.79 Å². The average Bonchev–Trinajstić information content (AvgIpc) is 2.40. The zero-order chi connectivity index (χ0) is 14.8. The van der Waals surface area contributed by atoms with E-state index in [-0.39, 0.29) is 17.6 Å². The van der Waals surface area contributed by atoms with Crippen molar-refractivity contribution in [2.24, 2.45) is 5.92 Å². The quantitative estimate of drug-likeness (QED) is 0.795. The van der Waals surface area contributed by atoms with Crippen LogP contribution >= 0.6 is 0 Å². The summed E-state index contributed by atoms with van der Waals surface area (Å²) < 4.78 is 0. The fraction of sp³-hybridized carbons (Fsp3) is 0.438. The van der Waals surface area contributed by atoms with Crippen molar-refractivity contribution in [3.63, 3.8) is 0 Å². The van der Waals surface area contributed by atoms with E-state index in [2.05, 4.69) is 10.8 Å². The largest absolute Gasteiger partial charge is 0.508 e. The van der Waals surface area contributed by atoms with E-state index in [4.69, 9.17) is 4.84 Å². The Hall–Kier alpha value is -2.17. The Balaban J connectivity index is 1.62. The first-order valence-electron chi connectivity index (χ1n) is 7.39. The second kappa shape index (κ2) is 5.68. The lowest BCUT2D eigenvalue weighted by atomic mass is 9.85. The third-order valence-corrected chi connectivity index (χ3v) is 4.25. The summed E-state index contributed by atoms with van der Waals surface area (Å²) in [7, 11) is 0. The van der Waals surface area contributed by atoms with Gasteiger partial charge in [-0.2, -0.15) is 0 Å². The topological polar surface area (TPSA) is 70.6 Å². The molecule has 1 aromatic rings. The Labute approximate surface area is 124 Å². The van der Waals surface area contributed by atoms with Gasteiger partial charge in [-0.1, -0.05) is 6.42 Å². The molecule has 1 aromatic carbocycles. The van der Waals surface area contributed by atoms with Crippen molar-refractivity contribution >= 4 is 11.5 Å². The number of hydrogen-bond donors (Lipinski definition) is 3. The Morgan fingerprint density at radius 2 is 2.29 bits per heavy atom. The third kappa shape index (κ3) is 2.82. The number of carbonyl (C=O) groups is 1. The SMILES string of the molecule is CC1=C(CCNC(=O)C2CCC2)NOc2ccc(O)cc21. The summed E-state index contributed by atoms with van der Waals surface area (Å²) in [6.45, 7) is 2.57. The molecule has 1 saturated carbocycles. The number of rotatable bonds is 4. The maximum Gasteiger partial charge on any atom is 0.223 e. The van der Waals surface area contributed by atoms with Crippen molar-refractivity contribution in [3.8, 4) is 11.5 Å². The number of benzene rings is 1. The number of phenols is 1. The molecule has 0 bridgehead atoms. The van der Waals surface area contributed by atoms with Crippen LogP contribution < -0.4 is 15.6 Å². The molecule has 1 aliphatic carbocycles. The lowest BCUT2D eigenvalue weighted by molar-refractivity contribution is -0.127. The second-order valence-corrected chi connectivity index (χ2v) is 5.66. The molecular weight excluding hydrogens is 268 g/mol. The molecule has 1 amide bonds. The lowest BCUT2D eigenvalue weighted by Gasteiger charge is -2.25. The maximum atomic E-state index is 11.8. The van der Waals surface area contributed by atoms with Gasteiger partial charge in [0.05, 0.1) is 5.70 Å². The molecule has 0 saturated heterocycles. The molecule has 0 atom stereocenters. The van der Waals surface area contributed by atoms with Crippen LogP contribution in [0.25, 0.3) is 5.57 Å². The van der Waals surface area contributed by atoms with Gasteiger partial charge in [0.1, 0.15) is 5.75 Å². The molecule has 1 fully saturated rings. The monoisotopic (exact) mass is 288 g/mol. The molecule has 1 heterocycles. The summed E-state index contributed by atoms with van der Waals surface area (Å²) in [5.74, 6) is 1.30. The first-order valence-corrected chi connectivity index (χ1v) is 7.39. The minimum absolute atomic E-state index is 0.161. The zero-order valence-electron chi connectivity index (χ0n) is 12.1.